The first-order chi connectivity index (χ1) is 23.5. The van der Waals surface area contributed by atoms with Gasteiger partial charge in [-0.15, -0.1) is 0 Å². The molecule has 2 aliphatic heterocycles. The zero-order valence-electron chi connectivity index (χ0n) is 28.6. The Hall–Kier alpha value is -3.59. The first kappa shape index (κ1) is 27.4. The number of nitrogens with zero attached hydrogens (tertiary/aromatic N) is 6. The van der Waals surface area contributed by atoms with Crippen molar-refractivity contribution in [3.05, 3.63) is 71.1 Å². The Morgan fingerprint density at radius 1 is 0.979 bits per heavy atom. The number of amides is 1. The fraction of sp³-hybridized carbons (Fsp3) is 0.364. The van der Waals surface area contributed by atoms with Gasteiger partial charge in [0, 0.05) is 53.1 Å². The Morgan fingerprint density at radius 2 is 1.74 bits per heavy atom. The maximum Gasteiger partial charge on any atom is 0.270 e. The van der Waals surface area contributed by atoms with Crippen molar-refractivity contribution in [3.8, 4) is 11.1 Å². The molecule has 3 aliphatic rings. The smallest absolute Gasteiger partial charge is 0.270 e. The van der Waals surface area contributed by atoms with Gasteiger partial charge in [-0.3, -0.25) is 9.48 Å². The SMILES string of the molecule is [2H]C([2H])([2H])N1C(=O)C2(CCCN(S(=O)(=O)C3(C)CC3)CC2)c2c1cnc1c2c(-c2ccc3c(cnn3C)c2)c(Br)n1S(=O)(=O)c1ccccc1. The molecule has 0 radical (unpaired) electrons. The lowest BCUT2D eigenvalue weighted by Gasteiger charge is -2.28. The molecule has 3 aromatic heterocycles. The summed E-state index contributed by atoms with van der Waals surface area (Å²) in [6, 6.07) is 13.4. The molecule has 1 saturated carbocycles. The summed E-state index contributed by atoms with van der Waals surface area (Å²) in [7, 11) is -6.15. The van der Waals surface area contributed by atoms with Crippen LogP contribution in [0.4, 0.5) is 5.69 Å². The summed E-state index contributed by atoms with van der Waals surface area (Å²) >= 11 is 3.63. The molecule has 0 bridgehead atoms. The van der Waals surface area contributed by atoms with Gasteiger partial charge in [-0.1, -0.05) is 24.3 Å². The maximum atomic E-state index is 14.7. The molecule has 1 aliphatic carbocycles. The first-order valence-corrected chi connectivity index (χ1v) is 19.0. The summed E-state index contributed by atoms with van der Waals surface area (Å²) in [5.74, 6) is -0.679. The summed E-state index contributed by atoms with van der Waals surface area (Å²) in [5, 5.41) is 5.44. The summed E-state index contributed by atoms with van der Waals surface area (Å²) < 4.78 is 85.1. The lowest BCUT2D eigenvalue weighted by atomic mass is 9.74. The molecule has 8 rings (SSSR count). The van der Waals surface area contributed by atoms with Gasteiger partial charge in [0.15, 0.2) is 5.65 Å². The molecule has 244 valence electrons. The number of aryl methyl sites for hydroxylation is 1. The van der Waals surface area contributed by atoms with Gasteiger partial charge < -0.3 is 4.90 Å². The Morgan fingerprint density at radius 3 is 2.47 bits per heavy atom. The highest BCUT2D eigenvalue weighted by molar-refractivity contribution is 9.10. The zero-order chi connectivity index (χ0) is 35.6. The van der Waals surface area contributed by atoms with Gasteiger partial charge in [0.05, 0.1) is 38.7 Å². The average molecular weight is 741 g/mol. The van der Waals surface area contributed by atoms with Crippen LogP contribution in [0.3, 0.4) is 0 Å². The van der Waals surface area contributed by atoms with Crippen molar-refractivity contribution >= 4 is 69.5 Å². The van der Waals surface area contributed by atoms with E-state index in [1.807, 2.05) is 25.2 Å². The summed E-state index contributed by atoms with van der Waals surface area (Å²) in [6.45, 7) is -0.983. The molecule has 5 aromatic rings. The second-order valence-corrected chi connectivity index (χ2v) is 17.9. The van der Waals surface area contributed by atoms with Crippen molar-refractivity contribution in [1.82, 2.24) is 23.0 Å². The van der Waals surface area contributed by atoms with Crippen LogP contribution >= 0.6 is 15.9 Å². The van der Waals surface area contributed by atoms with Gasteiger partial charge in [0.1, 0.15) is 4.60 Å². The number of fused-ring (bicyclic) bond motifs is 5. The number of rotatable bonds is 5. The predicted molar refractivity (Wildman–Crippen MR) is 183 cm³/mol. The lowest BCUT2D eigenvalue weighted by molar-refractivity contribution is -0.123. The fourth-order valence-corrected chi connectivity index (χ4v) is 11.8. The third-order valence-corrected chi connectivity index (χ3v) is 15.6. The van der Waals surface area contributed by atoms with Crippen LogP contribution < -0.4 is 4.90 Å². The van der Waals surface area contributed by atoms with E-state index in [0.717, 1.165) is 19.8 Å². The number of likely N-dealkylation sites (N-methyl/N-ethyl adjacent to an activating group) is 1. The van der Waals surface area contributed by atoms with E-state index in [4.69, 9.17) is 4.11 Å². The van der Waals surface area contributed by atoms with E-state index in [-0.39, 0.29) is 46.8 Å². The molecule has 1 saturated heterocycles. The van der Waals surface area contributed by atoms with Crippen LogP contribution in [0.15, 0.2) is 70.4 Å². The monoisotopic (exact) mass is 739 g/mol. The number of carbonyl (C=O) groups is 1. The van der Waals surface area contributed by atoms with Crippen LogP contribution in [0, 0.1) is 0 Å². The Labute approximate surface area is 285 Å². The maximum absolute atomic E-state index is 14.7. The van der Waals surface area contributed by atoms with Crippen molar-refractivity contribution in [2.24, 2.45) is 7.05 Å². The molecule has 1 unspecified atom stereocenters. The molecule has 0 N–H and O–H groups in total. The van der Waals surface area contributed by atoms with E-state index in [9.17, 15) is 21.6 Å². The van der Waals surface area contributed by atoms with Crippen LogP contribution in [-0.2, 0) is 37.3 Å². The van der Waals surface area contributed by atoms with Crippen LogP contribution in [0.1, 0.15) is 48.7 Å². The van der Waals surface area contributed by atoms with Gasteiger partial charge in [0.2, 0.25) is 15.9 Å². The lowest BCUT2D eigenvalue weighted by Crippen LogP contribution is -2.42. The van der Waals surface area contributed by atoms with Gasteiger partial charge in [-0.05, 0) is 84.8 Å². The van der Waals surface area contributed by atoms with Crippen molar-refractivity contribution < 1.29 is 25.7 Å². The number of carbonyl (C=O) groups excluding carboxylic acids is 1. The number of hydrogen-bond acceptors (Lipinski definition) is 7. The van der Waals surface area contributed by atoms with Crippen LogP contribution in [-0.4, -0.2) is 70.6 Å². The second-order valence-electron chi connectivity index (χ2n) is 12.9. The minimum atomic E-state index is -4.29. The number of anilines is 1. The third-order valence-electron chi connectivity index (χ3n) is 10.2. The zero-order valence-corrected chi connectivity index (χ0v) is 28.9. The van der Waals surface area contributed by atoms with E-state index in [0.29, 0.717) is 41.3 Å². The van der Waals surface area contributed by atoms with E-state index in [2.05, 4.69) is 26.0 Å². The summed E-state index contributed by atoms with van der Waals surface area (Å²) in [5.41, 5.74) is 0.767. The van der Waals surface area contributed by atoms with Crippen LogP contribution in [0.25, 0.3) is 33.1 Å². The number of benzene rings is 2. The largest absolute Gasteiger partial charge is 0.313 e. The molecule has 14 heteroatoms. The van der Waals surface area contributed by atoms with Gasteiger partial charge in [0.25, 0.3) is 10.0 Å². The van der Waals surface area contributed by atoms with Crippen molar-refractivity contribution in [1.29, 1.82) is 0 Å². The highest BCUT2D eigenvalue weighted by Gasteiger charge is 2.56. The molecule has 2 aromatic carbocycles. The Balaban J connectivity index is 1.44. The molecular formula is C33H33BrN6O5S2. The topological polar surface area (TPSA) is 127 Å². The van der Waals surface area contributed by atoms with Crippen molar-refractivity contribution in [2.75, 3.05) is 25.0 Å². The Bertz CT molecular complexity index is 2480. The molecule has 5 heterocycles. The van der Waals surface area contributed by atoms with Crippen molar-refractivity contribution in [3.63, 3.8) is 0 Å². The fourth-order valence-electron chi connectivity index (χ4n) is 7.32. The highest BCUT2D eigenvalue weighted by atomic mass is 79.9. The normalized spacial score (nSPS) is 22.7. The standard InChI is InChI=1S/C33H33BrN6O5S2/c1-32(13-14-32)47(44,45)39-16-7-12-33(15-17-39)28-25(37(2)31(33)41)20-35-30-27(28)26(21-10-11-24-22(18-21)19-36-38(24)3)29(34)40(30)46(42,43)23-8-5-4-6-9-23/h4-6,8-11,18-20H,7,12-17H2,1-3H3/i2D3. The molecule has 11 nitrogen and oxygen atoms in total. The van der Waals surface area contributed by atoms with Crippen molar-refractivity contribution in [2.45, 2.75) is 54.1 Å². The Kier molecular flexibility index (Phi) is 5.94. The van der Waals surface area contributed by atoms with E-state index in [1.165, 1.54) is 22.6 Å². The number of pyridine rings is 1. The van der Waals surface area contributed by atoms with Crippen LogP contribution in [0.5, 0.6) is 0 Å². The van der Waals surface area contributed by atoms with Gasteiger partial charge in [-0.2, -0.15) is 5.10 Å². The van der Waals surface area contributed by atoms with E-state index in [1.54, 1.807) is 36.0 Å². The quantitative estimate of drug-likeness (QED) is 0.243. The van der Waals surface area contributed by atoms with E-state index < -0.39 is 43.1 Å². The average Bonchev–Trinajstić information content (AvgIpc) is 3.62. The molecule has 47 heavy (non-hydrogen) atoms. The molecule has 1 amide bonds. The number of aromatic nitrogens is 4. The third kappa shape index (κ3) is 4.20. The molecular weight excluding hydrogens is 704 g/mol. The minimum Gasteiger partial charge on any atom is -0.313 e. The second kappa shape index (κ2) is 10.2. The van der Waals surface area contributed by atoms with E-state index >= 15 is 0 Å². The highest BCUT2D eigenvalue weighted by Crippen LogP contribution is 2.55. The first-order valence-electron chi connectivity index (χ1n) is 16.8. The minimum absolute atomic E-state index is 0.00291. The number of halogens is 1. The van der Waals surface area contributed by atoms with Gasteiger partial charge in [-0.25, -0.2) is 30.1 Å². The molecule has 1 spiro atoms. The molecule has 2 fully saturated rings. The summed E-state index contributed by atoms with van der Waals surface area (Å²) in [4.78, 5) is 20.1. The molecule has 1 atom stereocenters. The summed E-state index contributed by atoms with van der Waals surface area (Å²) in [6.07, 6.45) is 4.52. The number of hydrogen-bond donors (Lipinski definition) is 0. The predicted octanol–water partition coefficient (Wildman–Crippen LogP) is 5.17. The number of sulfonamides is 1. The van der Waals surface area contributed by atoms with Crippen LogP contribution in [0.2, 0.25) is 0 Å². The van der Waals surface area contributed by atoms with Gasteiger partial charge >= 0.3 is 0 Å².